The average Bonchev–Trinajstić information content (AvgIpc) is 2.71. The molecule has 5 heteroatoms. The van der Waals surface area contributed by atoms with Crippen molar-refractivity contribution in [3.8, 4) is 17.7 Å². The Bertz CT molecular complexity index is 452. The number of nitrogens with one attached hydrogen (secondary N) is 1. The lowest BCUT2D eigenvalue weighted by atomic mass is 10.4. The van der Waals surface area contributed by atoms with E-state index in [1.54, 1.807) is 12.1 Å². The van der Waals surface area contributed by atoms with E-state index in [4.69, 9.17) is 21.3 Å². The molecule has 1 N–H and O–H groups in total. The Balaban J connectivity index is 2.50. The Kier molecular flexibility index (Phi) is 1.80. The minimum atomic E-state index is 0.174. The zero-order valence-electron chi connectivity index (χ0n) is 6.41. The van der Waals surface area contributed by atoms with Crippen LogP contribution in [0.2, 0.25) is 5.15 Å². The summed E-state index contributed by atoms with van der Waals surface area (Å²) in [5.74, 6) is 1.02. The number of hydrogen-bond acceptors (Lipinski definition) is 3. The second-order valence-corrected chi connectivity index (χ2v) is 2.72. The van der Waals surface area contributed by atoms with Gasteiger partial charge in [0.25, 0.3) is 0 Å². The van der Waals surface area contributed by atoms with Gasteiger partial charge in [0.05, 0.1) is 6.26 Å². The third-order valence-electron chi connectivity index (χ3n) is 1.52. The van der Waals surface area contributed by atoms with Gasteiger partial charge < -0.3 is 9.40 Å². The van der Waals surface area contributed by atoms with Crippen LogP contribution in [0.15, 0.2) is 22.8 Å². The molecular formula is C8H4ClN3O. The number of halogens is 1. The van der Waals surface area contributed by atoms with E-state index in [1.807, 2.05) is 6.07 Å². The molecule has 0 amide bonds. The van der Waals surface area contributed by atoms with Crippen molar-refractivity contribution < 1.29 is 4.42 Å². The van der Waals surface area contributed by atoms with Crippen molar-refractivity contribution in [1.29, 1.82) is 5.26 Å². The lowest BCUT2D eigenvalue weighted by Gasteiger charge is -1.85. The van der Waals surface area contributed by atoms with Gasteiger partial charge in [0.2, 0.25) is 0 Å². The number of nitrogens with zero attached hydrogens (tertiary/aromatic N) is 2. The van der Waals surface area contributed by atoms with Gasteiger partial charge in [-0.15, -0.1) is 0 Å². The summed E-state index contributed by atoms with van der Waals surface area (Å²) in [6.07, 6.45) is 1.53. The Hall–Kier alpha value is -1.73. The van der Waals surface area contributed by atoms with Gasteiger partial charge in [0, 0.05) is 0 Å². The molecule has 0 radical (unpaired) electrons. The first-order valence-corrected chi connectivity index (χ1v) is 3.88. The Labute approximate surface area is 78.8 Å². The molecule has 2 aromatic heterocycles. The first kappa shape index (κ1) is 7.90. The molecule has 0 saturated heterocycles. The predicted octanol–water partition coefficient (Wildman–Crippen LogP) is 2.19. The number of H-pyrrole nitrogens is 1. The van der Waals surface area contributed by atoms with Crippen LogP contribution in [0.5, 0.6) is 0 Å². The molecule has 0 fully saturated rings. The molecule has 4 nitrogen and oxygen atoms in total. The summed E-state index contributed by atoms with van der Waals surface area (Å²) >= 11 is 5.68. The monoisotopic (exact) mass is 193 g/mol. The molecular weight excluding hydrogens is 190 g/mol. The maximum absolute atomic E-state index is 8.58. The summed E-state index contributed by atoms with van der Waals surface area (Å²) < 4.78 is 5.07. The molecule has 0 aliphatic heterocycles. The first-order chi connectivity index (χ1) is 6.31. The Morgan fingerprint density at radius 3 is 3.00 bits per heavy atom. The highest BCUT2D eigenvalue weighted by atomic mass is 35.5. The molecule has 0 bridgehead atoms. The molecule has 0 aliphatic carbocycles. The van der Waals surface area contributed by atoms with E-state index < -0.39 is 0 Å². The molecule has 0 aromatic carbocycles. The molecule has 0 saturated carbocycles. The minimum Gasteiger partial charge on any atom is -0.461 e. The summed E-state index contributed by atoms with van der Waals surface area (Å²) in [6.45, 7) is 0. The van der Waals surface area contributed by atoms with Gasteiger partial charge >= 0.3 is 0 Å². The van der Waals surface area contributed by atoms with Gasteiger partial charge in [-0.05, 0) is 12.1 Å². The summed E-state index contributed by atoms with van der Waals surface area (Å²) in [6, 6.07) is 5.33. The Morgan fingerprint density at radius 1 is 1.62 bits per heavy atom. The number of imidazole rings is 1. The fourth-order valence-electron chi connectivity index (χ4n) is 0.956. The summed E-state index contributed by atoms with van der Waals surface area (Å²) in [5.41, 5.74) is 0.174. The van der Waals surface area contributed by atoms with Gasteiger partial charge in [0.1, 0.15) is 11.2 Å². The molecule has 0 unspecified atom stereocenters. The molecule has 64 valence electrons. The normalized spacial score (nSPS) is 9.85. The molecule has 0 spiro atoms. The van der Waals surface area contributed by atoms with Crippen molar-refractivity contribution in [2.24, 2.45) is 0 Å². The maximum Gasteiger partial charge on any atom is 0.178 e. The summed E-state index contributed by atoms with van der Waals surface area (Å²) in [7, 11) is 0. The highest BCUT2D eigenvalue weighted by Crippen LogP contribution is 2.20. The minimum absolute atomic E-state index is 0.174. The van der Waals surface area contributed by atoms with Crippen LogP contribution in [0.3, 0.4) is 0 Å². The number of furan rings is 1. The second-order valence-electron chi connectivity index (χ2n) is 2.34. The standard InChI is InChI=1S/C8H4ClN3O/c9-7-5(4-10)11-8(12-7)6-2-1-3-13-6/h1-3H,(H,11,12). The number of hydrogen-bond donors (Lipinski definition) is 1. The zero-order chi connectivity index (χ0) is 9.26. The molecule has 2 aromatic rings. The van der Waals surface area contributed by atoms with Gasteiger partial charge in [-0.2, -0.15) is 5.26 Å². The Morgan fingerprint density at radius 2 is 2.46 bits per heavy atom. The van der Waals surface area contributed by atoms with Crippen LogP contribution in [0.4, 0.5) is 0 Å². The third kappa shape index (κ3) is 1.30. The largest absolute Gasteiger partial charge is 0.461 e. The van der Waals surface area contributed by atoms with Crippen LogP contribution in [0.25, 0.3) is 11.6 Å². The molecule has 0 aliphatic rings. The van der Waals surface area contributed by atoms with Gasteiger partial charge in [-0.1, -0.05) is 11.6 Å². The quantitative estimate of drug-likeness (QED) is 0.755. The van der Waals surface area contributed by atoms with Crippen LogP contribution in [0, 0.1) is 11.3 Å². The van der Waals surface area contributed by atoms with Crippen LogP contribution in [0.1, 0.15) is 5.69 Å². The highest BCUT2D eigenvalue weighted by molar-refractivity contribution is 6.30. The van der Waals surface area contributed by atoms with Crippen molar-refractivity contribution in [3.05, 3.63) is 29.2 Å². The van der Waals surface area contributed by atoms with Crippen LogP contribution in [-0.4, -0.2) is 9.97 Å². The fourth-order valence-corrected chi connectivity index (χ4v) is 1.13. The molecule has 13 heavy (non-hydrogen) atoms. The van der Waals surface area contributed by atoms with Gasteiger partial charge in [-0.3, -0.25) is 0 Å². The fraction of sp³-hybridized carbons (Fsp3) is 0. The van der Waals surface area contributed by atoms with Crippen LogP contribution in [-0.2, 0) is 0 Å². The average molecular weight is 194 g/mol. The number of aromatic nitrogens is 2. The van der Waals surface area contributed by atoms with Gasteiger partial charge in [-0.25, -0.2) is 4.98 Å². The van der Waals surface area contributed by atoms with Gasteiger partial charge in [0.15, 0.2) is 17.3 Å². The van der Waals surface area contributed by atoms with Crippen molar-refractivity contribution in [2.75, 3.05) is 0 Å². The van der Waals surface area contributed by atoms with E-state index in [-0.39, 0.29) is 10.8 Å². The maximum atomic E-state index is 8.58. The van der Waals surface area contributed by atoms with E-state index >= 15 is 0 Å². The first-order valence-electron chi connectivity index (χ1n) is 3.50. The van der Waals surface area contributed by atoms with E-state index in [1.165, 1.54) is 6.26 Å². The van der Waals surface area contributed by atoms with Crippen LogP contribution >= 0.6 is 11.6 Å². The summed E-state index contributed by atoms with van der Waals surface area (Å²) in [5, 5.41) is 8.81. The lowest BCUT2D eigenvalue weighted by Crippen LogP contribution is -1.75. The topological polar surface area (TPSA) is 65.6 Å². The molecule has 0 atom stereocenters. The van der Waals surface area contributed by atoms with E-state index in [9.17, 15) is 0 Å². The zero-order valence-corrected chi connectivity index (χ0v) is 7.17. The number of rotatable bonds is 1. The van der Waals surface area contributed by atoms with E-state index in [0.717, 1.165) is 0 Å². The summed E-state index contributed by atoms with van der Waals surface area (Å²) in [4.78, 5) is 6.66. The second kappa shape index (κ2) is 2.96. The van der Waals surface area contributed by atoms with E-state index in [2.05, 4.69) is 9.97 Å². The number of nitriles is 1. The smallest absolute Gasteiger partial charge is 0.178 e. The van der Waals surface area contributed by atoms with E-state index in [0.29, 0.717) is 11.6 Å². The van der Waals surface area contributed by atoms with Crippen LogP contribution < -0.4 is 0 Å². The predicted molar refractivity (Wildman–Crippen MR) is 46.0 cm³/mol. The van der Waals surface area contributed by atoms with Crippen molar-refractivity contribution in [3.63, 3.8) is 0 Å². The number of aromatic amines is 1. The van der Waals surface area contributed by atoms with Crippen molar-refractivity contribution in [2.45, 2.75) is 0 Å². The van der Waals surface area contributed by atoms with Crippen molar-refractivity contribution >= 4 is 11.6 Å². The molecule has 2 rings (SSSR count). The van der Waals surface area contributed by atoms with Crippen molar-refractivity contribution in [1.82, 2.24) is 9.97 Å². The lowest BCUT2D eigenvalue weighted by molar-refractivity contribution is 0.578. The highest BCUT2D eigenvalue weighted by Gasteiger charge is 2.10. The molecule has 2 heterocycles. The third-order valence-corrected chi connectivity index (χ3v) is 1.79. The SMILES string of the molecule is N#Cc1nc(-c2ccco2)[nH]c1Cl.